The maximum absolute atomic E-state index is 12.9. The minimum Gasteiger partial charge on any atom is -0.471 e. The number of imidazole rings is 1. The Kier molecular flexibility index (Phi) is 6.42. The largest absolute Gasteiger partial charge is 0.471 e. The maximum Gasteiger partial charge on any atom is 0.262 e. The molecule has 2 heterocycles. The minimum atomic E-state index is -0.189. The van der Waals surface area contributed by atoms with Crippen LogP contribution in [0, 0.1) is 0 Å². The number of halogens is 1. The van der Waals surface area contributed by atoms with Gasteiger partial charge in [-0.05, 0) is 31.0 Å². The van der Waals surface area contributed by atoms with Gasteiger partial charge < -0.3 is 4.74 Å². The summed E-state index contributed by atoms with van der Waals surface area (Å²) in [5, 5.41) is 0.664. The molecule has 31 heavy (non-hydrogen) atoms. The van der Waals surface area contributed by atoms with Crippen molar-refractivity contribution < 1.29 is 4.74 Å². The van der Waals surface area contributed by atoms with Crippen molar-refractivity contribution in [2.75, 3.05) is 0 Å². The van der Waals surface area contributed by atoms with Gasteiger partial charge in [0.15, 0.2) is 0 Å². The fourth-order valence-corrected chi connectivity index (χ4v) is 3.76. The van der Waals surface area contributed by atoms with Gasteiger partial charge in [0.05, 0.1) is 11.8 Å². The number of hydrogen-bond donors (Lipinski definition) is 0. The van der Waals surface area contributed by atoms with Crippen LogP contribution in [-0.4, -0.2) is 14.0 Å². The predicted molar refractivity (Wildman–Crippen MR) is 125 cm³/mol. The molecule has 4 aromatic rings. The summed E-state index contributed by atoms with van der Waals surface area (Å²) < 4.78 is 9.88. The van der Waals surface area contributed by atoms with Crippen molar-refractivity contribution in [3.63, 3.8) is 0 Å². The van der Waals surface area contributed by atoms with Crippen LogP contribution in [0.4, 0.5) is 0 Å². The lowest BCUT2D eigenvalue weighted by molar-refractivity contribution is 0.205. The zero-order valence-electron chi connectivity index (χ0n) is 17.8. The highest BCUT2D eigenvalue weighted by Crippen LogP contribution is 2.25. The molecule has 0 radical (unpaired) electrons. The van der Waals surface area contributed by atoms with E-state index in [1.807, 2.05) is 66.1 Å². The first-order valence-corrected chi connectivity index (χ1v) is 11.0. The van der Waals surface area contributed by atoms with Gasteiger partial charge in [0.2, 0.25) is 11.7 Å². The van der Waals surface area contributed by atoms with Gasteiger partial charge in [-0.2, -0.15) is 0 Å². The van der Waals surface area contributed by atoms with Crippen LogP contribution in [0.5, 0.6) is 5.88 Å². The molecule has 0 aliphatic carbocycles. The Balaban J connectivity index is 1.78. The van der Waals surface area contributed by atoms with E-state index >= 15 is 0 Å². The number of hydrogen-bond acceptors (Lipinski definition) is 3. The summed E-state index contributed by atoms with van der Waals surface area (Å²) in [6.45, 7) is 4.89. The van der Waals surface area contributed by atoms with Crippen LogP contribution < -0.4 is 10.3 Å². The van der Waals surface area contributed by atoms with E-state index in [0.717, 1.165) is 42.6 Å². The Morgan fingerprint density at radius 1 is 1.06 bits per heavy atom. The molecular weight excluding hydrogens is 410 g/mol. The van der Waals surface area contributed by atoms with Gasteiger partial charge in [-0.3, -0.25) is 13.8 Å². The molecule has 1 unspecified atom stereocenters. The van der Waals surface area contributed by atoms with Gasteiger partial charge >= 0.3 is 0 Å². The average Bonchev–Trinajstić information content (AvgIpc) is 3.23. The summed E-state index contributed by atoms with van der Waals surface area (Å²) in [4.78, 5) is 17.7. The number of aromatic nitrogens is 3. The number of nitrogens with zero attached hydrogens (tertiary/aromatic N) is 3. The number of ether oxygens (including phenoxy) is 1. The van der Waals surface area contributed by atoms with E-state index in [0.29, 0.717) is 16.7 Å². The molecule has 0 aliphatic heterocycles. The van der Waals surface area contributed by atoms with Crippen molar-refractivity contribution >= 4 is 17.4 Å². The molecule has 4 rings (SSSR count). The molecule has 0 saturated heterocycles. The standard InChI is InChI=1S/C25H26ClN3O2/c1-3-4-8-15-28-24(31-18(2)19-9-6-5-7-10-19)16-23(30)29-17-22(27-25(28)29)20-11-13-21(26)14-12-20/h5-7,9-14,16-18H,3-4,8,15H2,1-2H3. The lowest BCUT2D eigenvalue weighted by Gasteiger charge is -2.20. The van der Waals surface area contributed by atoms with Crippen LogP contribution in [0.2, 0.25) is 5.02 Å². The summed E-state index contributed by atoms with van der Waals surface area (Å²) in [6.07, 6.45) is 4.77. The van der Waals surface area contributed by atoms with E-state index in [1.54, 1.807) is 16.7 Å². The molecule has 2 aromatic carbocycles. The lowest BCUT2D eigenvalue weighted by atomic mass is 10.1. The van der Waals surface area contributed by atoms with Crippen LogP contribution in [-0.2, 0) is 6.54 Å². The zero-order valence-corrected chi connectivity index (χ0v) is 18.5. The molecule has 0 spiro atoms. The Bertz CT molecular complexity index is 1210. The maximum atomic E-state index is 12.9. The number of aryl methyl sites for hydroxylation is 1. The van der Waals surface area contributed by atoms with Crippen molar-refractivity contribution in [3.8, 4) is 17.1 Å². The molecule has 5 nitrogen and oxygen atoms in total. The number of unbranched alkanes of at least 4 members (excludes halogenated alkanes) is 2. The molecule has 0 amide bonds. The fraction of sp³-hybridized carbons (Fsp3) is 0.280. The van der Waals surface area contributed by atoms with Crippen LogP contribution in [0.3, 0.4) is 0 Å². The van der Waals surface area contributed by atoms with E-state index in [9.17, 15) is 4.79 Å². The van der Waals surface area contributed by atoms with Gasteiger partial charge in [0.1, 0.15) is 6.10 Å². The third-order valence-electron chi connectivity index (χ3n) is 5.37. The van der Waals surface area contributed by atoms with Gasteiger partial charge in [0, 0.05) is 23.3 Å². The first-order chi connectivity index (χ1) is 15.1. The van der Waals surface area contributed by atoms with Crippen molar-refractivity contribution in [1.29, 1.82) is 0 Å². The van der Waals surface area contributed by atoms with Crippen molar-refractivity contribution in [3.05, 3.63) is 87.8 Å². The highest BCUT2D eigenvalue weighted by atomic mass is 35.5. The second kappa shape index (κ2) is 9.40. The molecular formula is C25H26ClN3O2. The molecule has 0 saturated carbocycles. The third kappa shape index (κ3) is 4.67. The van der Waals surface area contributed by atoms with Crippen LogP contribution in [0.15, 0.2) is 71.7 Å². The van der Waals surface area contributed by atoms with Crippen LogP contribution in [0.25, 0.3) is 17.0 Å². The first-order valence-electron chi connectivity index (χ1n) is 10.7. The highest BCUT2D eigenvalue weighted by molar-refractivity contribution is 6.30. The summed E-state index contributed by atoms with van der Waals surface area (Å²) in [5.74, 6) is 1.13. The summed E-state index contributed by atoms with van der Waals surface area (Å²) >= 11 is 6.02. The second-order valence-electron chi connectivity index (χ2n) is 7.65. The topological polar surface area (TPSA) is 48.5 Å². The molecule has 1 atom stereocenters. The van der Waals surface area contributed by atoms with Gasteiger partial charge in [-0.15, -0.1) is 0 Å². The van der Waals surface area contributed by atoms with E-state index in [4.69, 9.17) is 21.3 Å². The molecule has 0 aliphatic rings. The quantitative estimate of drug-likeness (QED) is 0.312. The zero-order chi connectivity index (χ0) is 21.8. The average molecular weight is 436 g/mol. The normalized spacial score (nSPS) is 12.2. The van der Waals surface area contributed by atoms with E-state index in [2.05, 4.69) is 6.92 Å². The molecule has 0 bridgehead atoms. The van der Waals surface area contributed by atoms with Gasteiger partial charge in [-0.25, -0.2) is 4.98 Å². The van der Waals surface area contributed by atoms with E-state index in [1.165, 1.54) is 0 Å². The number of rotatable bonds is 8. The molecule has 0 fully saturated rings. The number of benzene rings is 2. The third-order valence-corrected chi connectivity index (χ3v) is 5.62. The van der Waals surface area contributed by atoms with Crippen molar-refractivity contribution in [2.24, 2.45) is 0 Å². The molecule has 0 N–H and O–H groups in total. The Labute approximate surface area is 186 Å². The Morgan fingerprint density at radius 2 is 1.81 bits per heavy atom. The fourth-order valence-electron chi connectivity index (χ4n) is 3.64. The van der Waals surface area contributed by atoms with Crippen molar-refractivity contribution in [1.82, 2.24) is 14.0 Å². The highest BCUT2D eigenvalue weighted by Gasteiger charge is 2.17. The van der Waals surface area contributed by atoms with Gasteiger partial charge in [-0.1, -0.05) is 73.8 Å². The Hall–Kier alpha value is -3.05. The molecule has 2 aromatic heterocycles. The second-order valence-corrected chi connectivity index (χ2v) is 8.09. The number of fused-ring (bicyclic) bond motifs is 1. The summed E-state index contributed by atoms with van der Waals surface area (Å²) in [6, 6.07) is 19.0. The van der Waals surface area contributed by atoms with Crippen LogP contribution in [0.1, 0.15) is 44.8 Å². The Morgan fingerprint density at radius 3 is 2.52 bits per heavy atom. The van der Waals surface area contributed by atoms with Crippen molar-refractivity contribution in [2.45, 2.75) is 45.8 Å². The molecule has 160 valence electrons. The monoisotopic (exact) mass is 435 g/mol. The van der Waals surface area contributed by atoms with Crippen LogP contribution >= 0.6 is 11.6 Å². The SMILES string of the molecule is CCCCCn1c(OC(C)c2ccccc2)cc(=O)n2cc(-c3ccc(Cl)cc3)nc12. The summed E-state index contributed by atoms with van der Waals surface area (Å²) in [7, 11) is 0. The predicted octanol–water partition coefficient (Wildman–Crippen LogP) is 6.15. The van der Waals surface area contributed by atoms with E-state index < -0.39 is 0 Å². The first kappa shape index (κ1) is 21.2. The van der Waals surface area contributed by atoms with Gasteiger partial charge in [0.25, 0.3) is 5.56 Å². The minimum absolute atomic E-state index is 0.162. The molecule has 6 heteroatoms. The summed E-state index contributed by atoms with van der Waals surface area (Å²) in [5.41, 5.74) is 2.53. The lowest BCUT2D eigenvalue weighted by Crippen LogP contribution is -2.20. The van der Waals surface area contributed by atoms with E-state index in [-0.39, 0.29) is 11.7 Å². The smallest absolute Gasteiger partial charge is 0.262 e.